The smallest absolute Gasteiger partial charge is 0.422 e. The van der Waals surface area contributed by atoms with Gasteiger partial charge in [-0.05, 0) is 35.4 Å². The molecular formula is C17H17F3N2O4S. The Balaban J connectivity index is 1.88. The third-order valence-corrected chi connectivity index (χ3v) is 4.34. The van der Waals surface area contributed by atoms with Crippen molar-refractivity contribution in [1.82, 2.24) is 5.32 Å². The summed E-state index contributed by atoms with van der Waals surface area (Å²) in [5.41, 5.74) is 1.16. The number of carbonyl (C=O) groups is 1. The number of amides is 1. The average molecular weight is 402 g/mol. The van der Waals surface area contributed by atoms with Crippen LogP contribution in [0, 0.1) is 0 Å². The van der Waals surface area contributed by atoms with Gasteiger partial charge in [0.2, 0.25) is 15.9 Å². The molecule has 0 unspecified atom stereocenters. The van der Waals surface area contributed by atoms with E-state index in [1.165, 1.54) is 42.5 Å². The minimum Gasteiger partial charge on any atom is -0.484 e. The molecule has 6 nitrogen and oxygen atoms in total. The number of hydrogen-bond acceptors (Lipinski definition) is 4. The molecule has 0 saturated carbocycles. The number of rotatable bonds is 7. The van der Waals surface area contributed by atoms with Crippen LogP contribution in [0.15, 0.2) is 53.4 Å². The molecule has 10 heteroatoms. The van der Waals surface area contributed by atoms with Crippen LogP contribution in [0.1, 0.15) is 11.1 Å². The number of nitrogens with two attached hydrogens (primary N) is 1. The molecule has 0 aliphatic heterocycles. The van der Waals surface area contributed by atoms with Crippen molar-refractivity contribution in [2.24, 2.45) is 5.14 Å². The van der Waals surface area contributed by atoms with Crippen molar-refractivity contribution in [1.29, 1.82) is 0 Å². The van der Waals surface area contributed by atoms with E-state index in [1.54, 1.807) is 6.07 Å². The molecule has 0 saturated heterocycles. The maximum Gasteiger partial charge on any atom is 0.422 e. The van der Waals surface area contributed by atoms with Gasteiger partial charge in [0.25, 0.3) is 0 Å². The summed E-state index contributed by atoms with van der Waals surface area (Å²) in [6, 6.07) is 11.5. The molecule has 0 fully saturated rings. The number of halogens is 3. The van der Waals surface area contributed by atoms with Gasteiger partial charge in [0.05, 0.1) is 11.3 Å². The lowest BCUT2D eigenvalue weighted by Crippen LogP contribution is -2.24. The molecule has 2 rings (SSSR count). The largest absolute Gasteiger partial charge is 0.484 e. The molecule has 0 aliphatic rings. The monoisotopic (exact) mass is 402 g/mol. The molecule has 0 bridgehead atoms. The third kappa shape index (κ3) is 7.27. The van der Waals surface area contributed by atoms with Crippen LogP contribution in [0.25, 0.3) is 0 Å². The second kappa shape index (κ2) is 8.40. The predicted octanol–water partition coefficient (Wildman–Crippen LogP) is 2.13. The quantitative estimate of drug-likeness (QED) is 0.741. The molecule has 3 N–H and O–H groups in total. The summed E-state index contributed by atoms with van der Waals surface area (Å²) < 4.78 is 63.5. The fraction of sp³-hybridized carbons (Fsp3) is 0.235. The Morgan fingerprint density at radius 3 is 2.33 bits per heavy atom. The van der Waals surface area contributed by atoms with E-state index in [0.717, 1.165) is 0 Å². The highest BCUT2D eigenvalue weighted by molar-refractivity contribution is 7.89. The van der Waals surface area contributed by atoms with Gasteiger partial charge in [0.1, 0.15) is 5.75 Å². The van der Waals surface area contributed by atoms with Gasteiger partial charge in [-0.25, -0.2) is 13.6 Å². The summed E-state index contributed by atoms with van der Waals surface area (Å²) in [5, 5.41) is 7.63. The maximum atomic E-state index is 12.2. The number of benzene rings is 2. The van der Waals surface area contributed by atoms with Crippen LogP contribution in [0.3, 0.4) is 0 Å². The van der Waals surface area contributed by atoms with E-state index in [-0.39, 0.29) is 29.5 Å². The number of alkyl halides is 3. The molecule has 1 amide bonds. The fourth-order valence-corrected chi connectivity index (χ4v) is 2.67. The highest BCUT2D eigenvalue weighted by atomic mass is 32.2. The Hall–Kier alpha value is -2.59. The molecule has 2 aromatic rings. The standard InChI is InChI=1S/C17H17F3N2O4S/c18-17(19,20)11-26-14-3-1-2-13(8-14)10-22-16(23)9-12-4-6-15(7-5-12)27(21,24)25/h1-8H,9-11H2,(H,22,23)(H2,21,24,25). The topological polar surface area (TPSA) is 98.5 Å². The first kappa shape index (κ1) is 20.7. The summed E-state index contributed by atoms with van der Waals surface area (Å²) in [5.74, 6) is -0.280. The molecule has 146 valence electrons. The van der Waals surface area contributed by atoms with Gasteiger partial charge in [0, 0.05) is 6.54 Å². The fourth-order valence-electron chi connectivity index (χ4n) is 2.16. The second-order valence-electron chi connectivity index (χ2n) is 5.69. The SMILES string of the molecule is NS(=O)(=O)c1ccc(CC(=O)NCc2cccc(OCC(F)(F)F)c2)cc1. The lowest BCUT2D eigenvalue weighted by atomic mass is 10.1. The normalized spacial score (nSPS) is 11.9. The zero-order chi connectivity index (χ0) is 20.1. The van der Waals surface area contributed by atoms with Crippen molar-refractivity contribution < 1.29 is 31.1 Å². The maximum absolute atomic E-state index is 12.2. The predicted molar refractivity (Wildman–Crippen MR) is 91.4 cm³/mol. The molecule has 27 heavy (non-hydrogen) atoms. The second-order valence-corrected chi connectivity index (χ2v) is 7.26. The lowest BCUT2D eigenvalue weighted by molar-refractivity contribution is -0.153. The summed E-state index contributed by atoms with van der Waals surface area (Å²) in [6.45, 7) is -1.28. The van der Waals surface area contributed by atoms with Crippen LogP contribution in [0.2, 0.25) is 0 Å². The third-order valence-electron chi connectivity index (χ3n) is 3.41. The summed E-state index contributed by atoms with van der Waals surface area (Å²) in [7, 11) is -3.80. The highest BCUT2D eigenvalue weighted by Gasteiger charge is 2.28. The van der Waals surface area contributed by atoms with E-state index in [2.05, 4.69) is 10.1 Å². The number of carbonyl (C=O) groups excluding carboxylic acids is 1. The van der Waals surface area contributed by atoms with E-state index in [1.807, 2.05) is 0 Å². The van der Waals surface area contributed by atoms with Gasteiger partial charge in [-0.15, -0.1) is 0 Å². The molecule has 0 heterocycles. The van der Waals surface area contributed by atoms with E-state index >= 15 is 0 Å². The number of primary sulfonamides is 1. The zero-order valence-corrected chi connectivity index (χ0v) is 14.8. The average Bonchev–Trinajstić information content (AvgIpc) is 2.58. The van der Waals surface area contributed by atoms with Crippen LogP contribution in [-0.4, -0.2) is 27.1 Å². The molecule has 2 aromatic carbocycles. The van der Waals surface area contributed by atoms with Gasteiger partial charge in [0.15, 0.2) is 6.61 Å². The van der Waals surface area contributed by atoms with E-state index in [0.29, 0.717) is 11.1 Å². The first-order chi connectivity index (χ1) is 12.5. The van der Waals surface area contributed by atoms with Crippen molar-refractivity contribution in [2.75, 3.05) is 6.61 Å². The van der Waals surface area contributed by atoms with Crippen molar-refractivity contribution in [2.45, 2.75) is 24.0 Å². The number of nitrogens with one attached hydrogen (secondary N) is 1. The molecule has 0 aliphatic carbocycles. The lowest BCUT2D eigenvalue weighted by Gasteiger charge is -2.11. The zero-order valence-electron chi connectivity index (χ0n) is 14.0. The van der Waals surface area contributed by atoms with Crippen molar-refractivity contribution in [3.8, 4) is 5.75 Å². The van der Waals surface area contributed by atoms with Gasteiger partial charge in [-0.3, -0.25) is 4.79 Å². The van der Waals surface area contributed by atoms with E-state index < -0.39 is 22.8 Å². The van der Waals surface area contributed by atoms with Crippen LogP contribution >= 0.6 is 0 Å². The number of sulfonamides is 1. The van der Waals surface area contributed by atoms with Crippen molar-refractivity contribution in [3.05, 3.63) is 59.7 Å². The van der Waals surface area contributed by atoms with E-state index in [9.17, 15) is 26.4 Å². The first-order valence-electron chi connectivity index (χ1n) is 7.70. The molecule has 0 spiro atoms. The number of hydrogen-bond donors (Lipinski definition) is 2. The minimum absolute atomic E-state index is 0.00909. The van der Waals surface area contributed by atoms with Gasteiger partial charge in [-0.1, -0.05) is 24.3 Å². The number of ether oxygens (including phenoxy) is 1. The first-order valence-corrected chi connectivity index (χ1v) is 9.24. The highest BCUT2D eigenvalue weighted by Crippen LogP contribution is 2.19. The Bertz CT molecular complexity index is 897. The molecular weight excluding hydrogens is 385 g/mol. The summed E-state index contributed by atoms with van der Waals surface area (Å²) in [4.78, 5) is 11.9. The van der Waals surface area contributed by atoms with Gasteiger partial charge >= 0.3 is 6.18 Å². The minimum atomic E-state index is -4.43. The molecule has 0 atom stereocenters. The van der Waals surface area contributed by atoms with Crippen molar-refractivity contribution in [3.63, 3.8) is 0 Å². The Morgan fingerprint density at radius 1 is 1.07 bits per heavy atom. The molecule has 0 aromatic heterocycles. The van der Waals surface area contributed by atoms with Crippen molar-refractivity contribution >= 4 is 15.9 Å². The van der Waals surface area contributed by atoms with E-state index in [4.69, 9.17) is 5.14 Å². The van der Waals surface area contributed by atoms with Crippen LogP contribution in [0.5, 0.6) is 5.75 Å². The summed E-state index contributed by atoms with van der Waals surface area (Å²) >= 11 is 0. The van der Waals surface area contributed by atoms with Crippen LogP contribution in [-0.2, 0) is 27.8 Å². The van der Waals surface area contributed by atoms with Crippen LogP contribution in [0.4, 0.5) is 13.2 Å². The van der Waals surface area contributed by atoms with Gasteiger partial charge < -0.3 is 10.1 Å². The van der Waals surface area contributed by atoms with Gasteiger partial charge in [-0.2, -0.15) is 13.2 Å². The Morgan fingerprint density at radius 2 is 1.74 bits per heavy atom. The molecule has 0 radical (unpaired) electrons. The van der Waals surface area contributed by atoms with Crippen LogP contribution < -0.4 is 15.2 Å². The Kier molecular flexibility index (Phi) is 6.45. The Labute approximate surface area is 154 Å². The summed E-state index contributed by atoms with van der Waals surface area (Å²) in [6.07, 6.45) is -4.42.